The largest absolute Gasteiger partial charge is 0.341 e. The minimum absolute atomic E-state index is 0.0290. The first-order chi connectivity index (χ1) is 14.1. The lowest BCUT2D eigenvalue weighted by Gasteiger charge is -2.43. The first kappa shape index (κ1) is 20.3. The van der Waals surface area contributed by atoms with E-state index in [9.17, 15) is 14.0 Å². The van der Waals surface area contributed by atoms with Crippen molar-refractivity contribution in [2.75, 3.05) is 39.3 Å². The number of nitrogens with zero attached hydrogens (tertiary/aromatic N) is 3. The van der Waals surface area contributed by atoms with Crippen molar-refractivity contribution in [1.29, 1.82) is 0 Å². The third-order valence-electron chi connectivity index (χ3n) is 6.85. The summed E-state index contributed by atoms with van der Waals surface area (Å²) in [4.78, 5) is 32.4. The normalized spacial score (nSPS) is 22.7. The third-order valence-corrected chi connectivity index (χ3v) is 6.85. The Labute approximate surface area is 172 Å². The molecule has 0 bridgehead atoms. The Hall–Kier alpha value is -1.95. The summed E-state index contributed by atoms with van der Waals surface area (Å²) < 4.78 is 13.1. The van der Waals surface area contributed by atoms with Crippen LogP contribution in [0.15, 0.2) is 24.3 Å². The predicted octanol–water partition coefficient (Wildman–Crippen LogP) is 3.15. The number of benzene rings is 1. The number of halogens is 1. The second-order valence-electron chi connectivity index (χ2n) is 8.71. The highest BCUT2D eigenvalue weighted by molar-refractivity contribution is 5.94. The summed E-state index contributed by atoms with van der Waals surface area (Å²) in [6.45, 7) is 4.48. The quantitative estimate of drug-likeness (QED) is 0.779. The van der Waals surface area contributed by atoms with E-state index >= 15 is 0 Å². The maximum Gasteiger partial charge on any atom is 0.253 e. The van der Waals surface area contributed by atoms with Crippen molar-refractivity contribution in [1.82, 2.24) is 14.7 Å². The molecule has 1 saturated carbocycles. The monoisotopic (exact) mass is 401 g/mol. The van der Waals surface area contributed by atoms with E-state index in [1.807, 2.05) is 4.90 Å². The number of carbonyl (C=O) groups excluding carboxylic acids is 2. The van der Waals surface area contributed by atoms with Crippen molar-refractivity contribution in [2.24, 2.45) is 5.92 Å². The van der Waals surface area contributed by atoms with E-state index in [0.717, 1.165) is 51.9 Å². The molecule has 0 aromatic heterocycles. The fourth-order valence-electron chi connectivity index (χ4n) is 5.21. The highest BCUT2D eigenvalue weighted by Gasteiger charge is 2.39. The summed E-state index contributed by atoms with van der Waals surface area (Å²) in [5, 5.41) is 0. The molecule has 1 unspecified atom stereocenters. The summed E-state index contributed by atoms with van der Waals surface area (Å²) in [6, 6.07) is 5.73. The van der Waals surface area contributed by atoms with Gasteiger partial charge >= 0.3 is 0 Å². The second kappa shape index (κ2) is 9.24. The van der Waals surface area contributed by atoms with Crippen molar-refractivity contribution < 1.29 is 14.0 Å². The van der Waals surface area contributed by atoms with Crippen molar-refractivity contribution in [3.63, 3.8) is 0 Å². The van der Waals surface area contributed by atoms with Gasteiger partial charge in [0.05, 0.1) is 6.04 Å². The number of piperazine rings is 1. The number of carbonyl (C=O) groups is 2. The Balaban J connectivity index is 1.41. The van der Waals surface area contributed by atoms with E-state index in [0.29, 0.717) is 30.5 Å². The van der Waals surface area contributed by atoms with Gasteiger partial charge in [-0.25, -0.2) is 4.39 Å². The molecule has 1 aromatic rings. The lowest BCUT2D eigenvalue weighted by Crippen LogP contribution is -2.59. The zero-order chi connectivity index (χ0) is 20.2. The fraction of sp³-hybridized carbons (Fsp3) is 0.652. The number of hydrogen-bond donors (Lipinski definition) is 0. The van der Waals surface area contributed by atoms with Crippen molar-refractivity contribution >= 4 is 11.8 Å². The zero-order valence-corrected chi connectivity index (χ0v) is 17.2. The van der Waals surface area contributed by atoms with Crippen LogP contribution in [0, 0.1) is 11.7 Å². The predicted molar refractivity (Wildman–Crippen MR) is 110 cm³/mol. The van der Waals surface area contributed by atoms with Crippen LogP contribution in [0.25, 0.3) is 0 Å². The maximum atomic E-state index is 13.4. The first-order valence-electron chi connectivity index (χ1n) is 11.2. The zero-order valence-electron chi connectivity index (χ0n) is 17.2. The van der Waals surface area contributed by atoms with Crippen molar-refractivity contribution in [2.45, 2.75) is 51.0 Å². The smallest absolute Gasteiger partial charge is 0.253 e. The molecule has 2 aliphatic heterocycles. The standard InChI is InChI=1S/C23H32FN3O2/c24-20-10-8-19(9-11-20)22(28)27-16-14-25(15-17-27)21(18-6-2-3-7-18)23(29)26-12-4-1-5-13-26/h8-11,18,21H,1-7,12-17H2. The average molecular weight is 402 g/mol. The molecule has 2 heterocycles. The Bertz CT molecular complexity index is 703. The molecule has 3 fully saturated rings. The molecule has 0 spiro atoms. The lowest BCUT2D eigenvalue weighted by atomic mass is 9.93. The topological polar surface area (TPSA) is 43.9 Å². The van der Waals surface area contributed by atoms with E-state index in [1.54, 1.807) is 12.1 Å². The Morgan fingerprint density at radius 2 is 1.41 bits per heavy atom. The van der Waals surface area contributed by atoms with Crippen LogP contribution >= 0.6 is 0 Å². The van der Waals surface area contributed by atoms with Crippen molar-refractivity contribution in [3.05, 3.63) is 35.6 Å². The van der Waals surface area contributed by atoms with Gasteiger partial charge in [0.25, 0.3) is 5.91 Å². The molecule has 5 nitrogen and oxygen atoms in total. The Morgan fingerprint density at radius 1 is 0.793 bits per heavy atom. The van der Waals surface area contributed by atoms with Crippen LogP contribution in [0.2, 0.25) is 0 Å². The van der Waals surface area contributed by atoms with Crippen LogP contribution < -0.4 is 0 Å². The molecule has 2 saturated heterocycles. The molecule has 29 heavy (non-hydrogen) atoms. The molecule has 158 valence electrons. The van der Waals surface area contributed by atoms with E-state index in [4.69, 9.17) is 0 Å². The molecule has 0 radical (unpaired) electrons. The summed E-state index contributed by atoms with van der Waals surface area (Å²) in [5.41, 5.74) is 0.525. The second-order valence-corrected chi connectivity index (χ2v) is 8.71. The van der Waals surface area contributed by atoms with Crippen LogP contribution in [0.1, 0.15) is 55.3 Å². The van der Waals surface area contributed by atoms with Gasteiger partial charge in [-0.3, -0.25) is 14.5 Å². The van der Waals surface area contributed by atoms with Gasteiger partial charge < -0.3 is 9.80 Å². The molecule has 1 aromatic carbocycles. The fourth-order valence-corrected chi connectivity index (χ4v) is 5.21. The van der Waals surface area contributed by atoms with Gasteiger partial charge in [-0.05, 0) is 62.3 Å². The first-order valence-corrected chi connectivity index (χ1v) is 11.2. The van der Waals surface area contributed by atoms with Gasteiger partial charge in [-0.1, -0.05) is 12.8 Å². The van der Waals surface area contributed by atoms with Gasteiger partial charge in [-0.2, -0.15) is 0 Å². The van der Waals surface area contributed by atoms with Gasteiger partial charge in [-0.15, -0.1) is 0 Å². The number of piperidine rings is 1. The number of likely N-dealkylation sites (tertiary alicyclic amines) is 1. The van der Waals surface area contributed by atoms with E-state index in [-0.39, 0.29) is 17.8 Å². The molecule has 4 rings (SSSR count). The van der Waals surface area contributed by atoms with Gasteiger partial charge in [0, 0.05) is 44.8 Å². The van der Waals surface area contributed by atoms with Crippen LogP contribution in [-0.4, -0.2) is 71.8 Å². The highest BCUT2D eigenvalue weighted by atomic mass is 19.1. The molecular formula is C23H32FN3O2. The number of rotatable bonds is 4. The summed E-state index contributed by atoms with van der Waals surface area (Å²) in [7, 11) is 0. The van der Waals surface area contributed by atoms with Crippen LogP contribution in [0.3, 0.4) is 0 Å². The van der Waals surface area contributed by atoms with E-state index in [2.05, 4.69) is 9.80 Å². The lowest BCUT2D eigenvalue weighted by molar-refractivity contribution is -0.140. The SMILES string of the molecule is O=C(c1ccc(F)cc1)N1CCN(C(C(=O)N2CCCCC2)C2CCCC2)CC1. The van der Waals surface area contributed by atoms with Gasteiger partial charge in [0.15, 0.2) is 0 Å². The Kier molecular flexibility index (Phi) is 6.48. The molecule has 0 N–H and O–H groups in total. The average Bonchev–Trinajstić information content (AvgIpc) is 3.29. The molecule has 3 aliphatic rings. The molecule has 1 atom stereocenters. The van der Waals surface area contributed by atoms with Crippen LogP contribution in [0.5, 0.6) is 0 Å². The Morgan fingerprint density at radius 3 is 2.03 bits per heavy atom. The van der Waals surface area contributed by atoms with E-state index < -0.39 is 0 Å². The number of hydrogen-bond acceptors (Lipinski definition) is 3. The van der Waals surface area contributed by atoms with Crippen LogP contribution in [0.4, 0.5) is 4.39 Å². The summed E-state index contributed by atoms with van der Waals surface area (Å²) >= 11 is 0. The molecular weight excluding hydrogens is 369 g/mol. The number of amides is 2. The molecule has 1 aliphatic carbocycles. The third kappa shape index (κ3) is 4.63. The molecule has 2 amide bonds. The molecule has 6 heteroatoms. The van der Waals surface area contributed by atoms with Crippen molar-refractivity contribution in [3.8, 4) is 0 Å². The minimum atomic E-state index is -0.331. The van der Waals surface area contributed by atoms with Crippen LogP contribution in [-0.2, 0) is 4.79 Å². The maximum absolute atomic E-state index is 13.4. The van der Waals surface area contributed by atoms with E-state index in [1.165, 1.54) is 31.4 Å². The van der Waals surface area contributed by atoms with Gasteiger partial charge in [0.2, 0.25) is 5.91 Å². The minimum Gasteiger partial charge on any atom is -0.341 e. The highest BCUT2D eigenvalue weighted by Crippen LogP contribution is 2.32. The van der Waals surface area contributed by atoms with Gasteiger partial charge in [0.1, 0.15) is 5.82 Å². The summed E-state index contributed by atoms with van der Waals surface area (Å²) in [5.74, 6) is 0.380. The summed E-state index contributed by atoms with van der Waals surface area (Å²) in [6.07, 6.45) is 8.17.